The van der Waals surface area contributed by atoms with Gasteiger partial charge in [0.1, 0.15) is 0 Å². The molecule has 2 heteroatoms. The van der Waals surface area contributed by atoms with E-state index in [2.05, 4.69) is 95.3 Å². The lowest BCUT2D eigenvalue weighted by Crippen LogP contribution is -2.36. The normalized spacial score (nSPS) is 33.5. The zero-order chi connectivity index (χ0) is 21.9. The van der Waals surface area contributed by atoms with Crippen molar-refractivity contribution in [2.24, 2.45) is 17.8 Å². The van der Waals surface area contributed by atoms with Crippen LogP contribution in [0.25, 0.3) is 12.2 Å². The maximum absolute atomic E-state index is 2.83. The number of aromatic nitrogens is 1. The molecular formula is C31H34N2. The molecule has 2 nitrogen and oxygen atoms in total. The van der Waals surface area contributed by atoms with Crippen molar-refractivity contribution in [2.75, 3.05) is 4.90 Å². The molecule has 0 bridgehead atoms. The Kier molecular flexibility index (Phi) is 4.57. The van der Waals surface area contributed by atoms with Crippen molar-refractivity contribution in [2.45, 2.75) is 63.6 Å². The minimum Gasteiger partial charge on any atom is -0.359 e. The smallest absolute Gasteiger partial charge is 0.0772 e. The van der Waals surface area contributed by atoms with Gasteiger partial charge in [-0.2, -0.15) is 0 Å². The van der Waals surface area contributed by atoms with E-state index in [-0.39, 0.29) is 0 Å². The highest BCUT2D eigenvalue weighted by Crippen LogP contribution is 2.56. The molecule has 6 atom stereocenters. The largest absolute Gasteiger partial charge is 0.359 e. The number of fused-ring (bicyclic) bond motifs is 7. The molecule has 2 heterocycles. The van der Waals surface area contributed by atoms with Gasteiger partial charge in [0.05, 0.1) is 6.04 Å². The highest BCUT2D eigenvalue weighted by Gasteiger charge is 2.51. The van der Waals surface area contributed by atoms with Gasteiger partial charge in [0.2, 0.25) is 0 Å². The van der Waals surface area contributed by atoms with Crippen LogP contribution in [0.1, 0.15) is 73.6 Å². The number of anilines is 1. The molecule has 0 radical (unpaired) electrons. The Morgan fingerprint density at radius 2 is 1.61 bits per heavy atom. The minimum absolute atomic E-state index is 0.419. The van der Waals surface area contributed by atoms with Gasteiger partial charge in [0.15, 0.2) is 0 Å². The van der Waals surface area contributed by atoms with E-state index in [0.29, 0.717) is 35.9 Å². The van der Waals surface area contributed by atoms with Crippen LogP contribution in [-0.2, 0) is 6.42 Å². The van der Waals surface area contributed by atoms with Crippen LogP contribution in [0.3, 0.4) is 0 Å². The Labute approximate surface area is 198 Å². The van der Waals surface area contributed by atoms with Gasteiger partial charge in [-0.05, 0) is 68.2 Å². The highest BCUT2D eigenvalue weighted by atomic mass is 15.3. The standard InChI is InChI=1S/C31H34N2/c1-21-11-5-8-16-27(21)33-29-18-10-7-15-24(29)26-20-19-25-23-14-6-9-17-28(23)32(30(25)31(26)33)22-12-3-2-4-13-22/h2-6,10-14,18-21,23,25,27-28,30H,7-9,15-17H2,1H3. The van der Waals surface area contributed by atoms with Crippen LogP contribution in [0.2, 0.25) is 0 Å². The molecule has 1 aromatic heterocycles. The Bertz CT molecular complexity index is 1180. The lowest BCUT2D eigenvalue weighted by atomic mass is 9.78. The van der Waals surface area contributed by atoms with Crippen molar-refractivity contribution in [1.82, 2.24) is 4.57 Å². The van der Waals surface area contributed by atoms with E-state index < -0.39 is 0 Å². The van der Waals surface area contributed by atoms with E-state index in [9.17, 15) is 0 Å². The zero-order valence-corrected chi connectivity index (χ0v) is 19.6. The van der Waals surface area contributed by atoms with Gasteiger partial charge in [-0.3, -0.25) is 0 Å². The minimum atomic E-state index is 0.419. The molecule has 168 valence electrons. The maximum atomic E-state index is 2.83. The van der Waals surface area contributed by atoms with E-state index in [1.165, 1.54) is 49.9 Å². The summed E-state index contributed by atoms with van der Waals surface area (Å²) in [6.07, 6.45) is 27.0. The molecule has 1 aromatic carbocycles. The first-order chi connectivity index (χ1) is 16.3. The predicted molar refractivity (Wildman–Crippen MR) is 138 cm³/mol. The average Bonchev–Trinajstić information content (AvgIpc) is 3.38. The van der Waals surface area contributed by atoms with Crippen LogP contribution in [0.15, 0.2) is 66.8 Å². The number of nitrogens with zero attached hydrogens (tertiary/aromatic N) is 2. The van der Waals surface area contributed by atoms with Crippen molar-refractivity contribution in [3.05, 3.63) is 89.3 Å². The number of allylic oxidation sites excluding steroid dienone is 4. The van der Waals surface area contributed by atoms with E-state index in [0.717, 1.165) is 0 Å². The molecule has 4 aliphatic carbocycles. The molecule has 7 rings (SSSR count). The number of rotatable bonds is 2. The quantitative estimate of drug-likeness (QED) is 0.444. The van der Waals surface area contributed by atoms with Crippen LogP contribution in [0.4, 0.5) is 5.69 Å². The summed E-state index contributed by atoms with van der Waals surface area (Å²) in [6, 6.07) is 12.8. The first-order valence-corrected chi connectivity index (χ1v) is 13.1. The maximum Gasteiger partial charge on any atom is 0.0772 e. The summed E-state index contributed by atoms with van der Waals surface area (Å²) < 4.78 is 2.83. The van der Waals surface area contributed by atoms with Gasteiger partial charge in [0.25, 0.3) is 0 Å². The van der Waals surface area contributed by atoms with Crippen LogP contribution in [-0.4, -0.2) is 10.6 Å². The molecule has 1 saturated heterocycles. The van der Waals surface area contributed by atoms with Gasteiger partial charge >= 0.3 is 0 Å². The fraction of sp³-hybridized carbons (Fsp3) is 0.419. The fourth-order valence-electron chi connectivity index (χ4n) is 7.60. The predicted octanol–water partition coefficient (Wildman–Crippen LogP) is 7.51. The summed E-state index contributed by atoms with van der Waals surface area (Å²) in [5, 5.41) is 0. The van der Waals surface area contributed by atoms with Crippen LogP contribution < -0.4 is 4.90 Å². The lowest BCUT2D eigenvalue weighted by molar-refractivity contribution is 0.347. The van der Waals surface area contributed by atoms with E-state index in [1.807, 2.05) is 0 Å². The molecular weight excluding hydrogens is 400 g/mol. The molecule has 0 spiro atoms. The summed E-state index contributed by atoms with van der Waals surface area (Å²) in [5.41, 5.74) is 7.65. The lowest BCUT2D eigenvalue weighted by Gasteiger charge is -2.38. The second-order valence-electron chi connectivity index (χ2n) is 10.7. The SMILES string of the molecule is CC1C=CCCC1n1c2c(c3c1C1C(C=C3)C3C=CCCC3N1c1ccccc1)CCC=C2. The van der Waals surface area contributed by atoms with Crippen molar-refractivity contribution in [1.29, 1.82) is 0 Å². The van der Waals surface area contributed by atoms with Gasteiger partial charge in [0, 0.05) is 46.6 Å². The second-order valence-corrected chi connectivity index (χ2v) is 10.7. The molecule has 6 unspecified atom stereocenters. The second kappa shape index (κ2) is 7.65. The molecule has 1 aliphatic heterocycles. The van der Waals surface area contributed by atoms with E-state index in [1.54, 1.807) is 16.8 Å². The zero-order valence-electron chi connectivity index (χ0n) is 19.6. The molecule has 0 N–H and O–H groups in total. The summed E-state index contributed by atoms with van der Waals surface area (Å²) in [7, 11) is 0. The first kappa shape index (κ1) is 19.7. The molecule has 0 amide bonds. The molecule has 2 aromatic rings. The third-order valence-electron chi connectivity index (χ3n) is 8.99. The van der Waals surface area contributed by atoms with Crippen molar-refractivity contribution in [3.8, 4) is 0 Å². The monoisotopic (exact) mass is 434 g/mol. The highest BCUT2D eigenvalue weighted by molar-refractivity contribution is 5.72. The third-order valence-corrected chi connectivity index (χ3v) is 8.99. The summed E-state index contributed by atoms with van der Waals surface area (Å²) in [5.74, 6) is 1.73. The van der Waals surface area contributed by atoms with Gasteiger partial charge in [-0.25, -0.2) is 0 Å². The van der Waals surface area contributed by atoms with Crippen molar-refractivity contribution >= 4 is 17.8 Å². The van der Waals surface area contributed by atoms with Gasteiger partial charge in [-0.15, -0.1) is 0 Å². The van der Waals surface area contributed by atoms with E-state index in [4.69, 9.17) is 0 Å². The summed E-state index contributed by atoms with van der Waals surface area (Å²) >= 11 is 0. The number of hydrogen-bond acceptors (Lipinski definition) is 1. The van der Waals surface area contributed by atoms with Gasteiger partial charge in [-0.1, -0.05) is 67.7 Å². The Morgan fingerprint density at radius 3 is 2.45 bits per heavy atom. The number of benzene rings is 1. The van der Waals surface area contributed by atoms with Crippen molar-refractivity contribution < 1.29 is 0 Å². The van der Waals surface area contributed by atoms with Crippen LogP contribution in [0, 0.1) is 17.8 Å². The summed E-state index contributed by atoms with van der Waals surface area (Å²) in [4.78, 5) is 2.83. The van der Waals surface area contributed by atoms with Crippen LogP contribution in [0.5, 0.6) is 0 Å². The number of para-hydroxylation sites is 1. The topological polar surface area (TPSA) is 8.17 Å². The average molecular weight is 435 g/mol. The first-order valence-electron chi connectivity index (χ1n) is 13.1. The van der Waals surface area contributed by atoms with Crippen LogP contribution >= 0.6 is 0 Å². The van der Waals surface area contributed by atoms with Crippen molar-refractivity contribution in [3.63, 3.8) is 0 Å². The Hall–Kier alpha value is -2.74. The Balaban J connectivity index is 1.47. The fourth-order valence-corrected chi connectivity index (χ4v) is 7.60. The van der Waals surface area contributed by atoms with E-state index >= 15 is 0 Å². The molecule has 0 saturated carbocycles. The third kappa shape index (κ3) is 2.86. The Morgan fingerprint density at radius 1 is 0.788 bits per heavy atom. The molecule has 5 aliphatic rings. The van der Waals surface area contributed by atoms with Gasteiger partial charge < -0.3 is 9.47 Å². The molecule has 1 fully saturated rings. The number of hydrogen-bond donors (Lipinski definition) is 0. The molecule has 33 heavy (non-hydrogen) atoms. The summed E-state index contributed by atoms with van der Waals surface area (Å²) in [6.45, 7) is 2.42.